The van der Waals surface area contributed by atoms with Gasteiger partial charge in [0.2, 0.25) is 0 Å². The van der Waals surface area contributed by atoms with Gasteiger partial charge in [-0.2, -0.15) is 31.4 Å². The molecule has 1 saturated heterocycles. The van der Waals surface area contributed by atoms with Gasteiger partial charge in [0.1, 0.15) is 5.82 Å². The first-order valence-corrected chi connectivity index (χ1v) is 10.6. The van der Waals surface area contributed by atoms with E-state index in [-0.39, 0.29) is 0 Å². The molecule has 0 atom stereocenters. The lowest BCUT2D eigenvalue weighted by molar-refractivity contribution is -0.193. The minimum Gasteiger partial charge on any atom is -0.475 e. The lowest BCUT2D eigenvalue weighted by Gasteiger charge is -2.35. The van der Waals surface area contributed by atoms with Crippen LogP contribution in [0.4, 0.5) is 32.2 Å². The van der Waals surface area contributed by atoms with Crippen LogP contribution in [-0.2, 0) is 16.1 Å². The smallest absolute Gasteiger partial charge is 0.475 e. The molecule has 4 rings (SSSR count). The fraction of sp³-hybridized carbons (Fsp3) is 0.364. The van der Waals surface area contributed by atoms with Crippen LogP contribution < -0.4 is 4.90 Å². The SMILES string of the molecule is Cc1cccnc1N1CCN(Cc2[nH]nc3ccccc23)CC1.O=C(O)C(F)(F)F.O=C(O)C(F)(F)F. The van der Waals surface area contributed by atoms with E-state index in [4.69, 9.17) is 19.8 Å². The summed E-state index contributed by atoms with van der Waals surface area (Å²) >= 11 is 0. The highest BCUT2D eigenvalue weighted by molar-refractivity contribution is 5.81. The van der Waals surface area contributed by atoms with Crippen LogP contribution in [0.25, 0.3) is 10.9 Å². The molecule has 9 nitrogen and oxygen atoms in total. The van der Waals surface area contributed by atoms with E-state index in [1.165, 1.54) is 16.6 Å². The molecule has 37 heavy (non-hydrogen) atoms. The molecule has 1 aromatic carbocycles. The molecule has 3 N–H and O–H groups in total. The fourth-order valence-corrected chi connectivity index (χ4v) is 3.28. The Morgan fingerprint density at radius 2 is 1.46 bits per heavy atom. The van der Waals surface area contributed by atoms with E-state index in [9.17, 15) is 26.3 Å². The van der Waals surface area contributed by atoms with Gasteiger partial charge >= 0.3 is 24.3 Å². The van der Waals surface area contributed by atoms with Crippen molar-refractivity contribution in [1.29, 1.82) is 0 Å². The summed E-state index contributed by atoms with van der Waals surface area (Å²) in [5.74, 6) is -4.39. The summed E-state index contributed by atoms with van der Waals surface area (Å²) in [7, 11) is 0. The van der Waals surface area contributed by atoms with Crippen molar-refractivity contribution in [3.8, 4) is 0 Å². The van der Waals surface area contributed by atoms with Gasteiger partial charge in [0.05, 0.1) is 11.2 Å². The van der Waals surface area contributed by atoms with Crippen LogP contribution in [0.15, 0.2) is 42.6 Å². The number of para-hydroxylation sites is 1. The summed E-state index contributed by atoms with van der Waals surface area (Å²) in [6, 6.07) is 12.4. The van der Waals surface area contributed by atoms with Gasteiger partial charge in [-0.1, -0.05) is 24.3 Å². The van der Waals surface area contributed by atoms with Gasteiger partial charge in [0.25, 0.3) is 0 Å². The predicted molar refractivity (Wildman–Crippen MR) is 120 cm³/mol. The molecule has 0 bridgehead atoms. The Hall–Kier alpha value is -3.88. The molecule has 0 saturated carbocycles. The average molecular weight is 535 g/mol. The van der Waals surface area contributed by atoms with E-state index in [2.05, 4.69) is 56.2 Å². The van der Waals surface area contributed by atoms with Crippen molar-refractivity contribution >= 4 is 28.7 Å². The number of halogens is 6. The number of nitrogens with zero attached hydrogens (tertiary/aromatic N) is 4. The molecule has 15 heteroatoms. The first-order valence-electron chi connectivity index (χ1n) is 10.6. The van der Waals surface area contributed by atoms with Crippen LogP contribution >= 0.6 is 0 Å². The Morgan fingerprint density at radius 3 is 1.97 bits per heavy atom. The maximum atomic E-state index is 10.6. The number of carboxylic acid groups (broad SMARTS) is 2. The molecule has 0 spiro atoms. The van der Waals surface area contributed by atoms with Crippen LogP contribution in [0.2, 0.25) is 0 Å². The molecule has 0 radical (unpaired) electrons. The van der Waals surface area contributed by atoms with Gasteiger partial charge in [0, 0.05) is 44.3 Å². The van der Waals surface area contributed by atoms with Crippen LogP contribution in [0.5, 0.6) is 0 Å². The second-order valence-corrected chi connectivity index (χ2v) is 7.73. The molecule has 0 amide bonds. The molecule has 1 aliphatic rings. The average Bonchev–Trinajstić information content (AvgIpc) is 3.22. The number of nitrogens with one attached hydrogen (secondary N) is 1. The van der Waals surface area contributed by atoms with Crippen LogP contribution in [0, 0.1) is 6.92 Å². The van der Waals surface area contributed by atoms with Gasteiger partial charge in [-0.05, 0) is 24.6 Å². The minimum atomic E-state index is -5.08. The zero-order valence-electron chi connectivity index (χ0n) is 19.3. The highest BCUT2D eigenvalue weighted by Gasteiger charge is 2.38. The first-order chi connectivity index (χ1) is 17.2. The number of aryl methyl sites for hydroxylation is 1. The zero-order valence-corrected chi connectivity index (χ0v) is 19.3. The summed E-state index contributed by atoms with van der Waals surface area (Å²) in [6.07, 6.45) is -8.29. The zero-order chi connectivity index (χ0) is 27.8. The normalized spacial score (nSPS) is 14.3. The maximum absolute atomic E-state index is 10.6. The minimum absolute atomic E-state index is 0.926. The number of aromatic amines is 1. The molecule has 0 unspecified atom stereocenters. The van der Waals surface area contributed by atoms with Crippen molar-refractivity contribution in [1.82, 2.24) is 20.1 Å². The molecule has 3 aromatic rings. The first kappa shape index (κ1) is 29.4. The Kier molecular flexibility index (Phi) is 9.82. The molecular formula is C22H23F6N5O4. The van der Waals surface area contributed by atoms with Gasteiger partial charge in [-0.15, -0.1) is 0 Å². The van der Waals surface area contributed by atoms with Crippen molar-refractivity contribution in [2.75, 3.05) is 31.1 Å². The number of carboxylic acids is 2. The Labute approximate surface area is 206 Å². The van der Waals surface area contributed by atoms with Crippen LogP contribution in [0.3, 0.4) is 0 Å². The topological polar surface area (TPSA) is 123 Å². The van der Waals surface area contributed by atoms with Crippen LogP contribution in [0.1, 0.15) is 11.3 Å². The van der Waals surface area contributed by atoms with Crippen molar-refractivity contribution < 1.29 is 46.1 Å². The molecule has 0 aliphatic carbocycles. The lowest BCUT2D eigenvalue weighted by Crippen LogP contribution is -2.46. The van der Waals surface area contributed by atoms with E-state index < -0.39 is 24.3 Å². The van der Waals surface area contributed by atoms with Crippen molar-refractivity contribution in [3.63, 3.8) is 0 Å². The third-order valence-electron chi connectivity index (χ3n) is 5.06. The van der Waals surface area contributed by atoms with E-state index in [1.54, 1.807) is 0 Å². The number of aromatic nitrogens is 3. The Morgan fingerprint density at radius 1 is 0.919 bits per heavy atom. The van der Waals surface area contributed by atoms with Crippen LogP contribution in [-0.4, -0.2) is 80.8 Å². The van der Waals surface area contributed by atoms with Crippen molar-refractivity contribution in [2.45, 2.75) is 25.8 Å². The van der Waals surface area contributed by atoms with E-state index in [1.807, 2.05) is 18.3 Å². The highest BCUT2D eigenvalue weighted by Crippen LogP contribution is 2.21. The number of anilines is 1. The fourth-order valence-electron chi connectivity index (χ4n) is 3.28. The predicted octanol–water partition coefficient (Wildman–Crippen LogP) is 3.86. The number of pyridine rings is 1. The van der Waals surface area contributed by atoms with Gasteiger partial charge < -0.3 is 15.1 Å². The quantitative estimate of drug-likeness (QED) is 0.433. The molecular weight excluding hydrogens is 512 g/mol. The number of benzene rings is 1. The molecule has 1 fully saturated rings. The Bertz CT molecular complexity index is 1170. The molecule has 3 heterocycles. The third kappa shape index (κ3) is 8.93. The summed E-state index contributed by atoms with van der Waals surface area (Å²) < 4.78 is 63.5. The standard InChI is InChI=1S/C18H21N5.2C2HF3O2/c1-14-5-4-8-19-18(14)23-11-9-22(10-12-23)13-17-15-6-2-3-7-16(15)20-21-17;2*3-2(4,5)1(6)7/h2-8H,9-13H2,1H3,(H,20,21);2*(H,6,7). The monoisotopic (exact) mass is 535 g/mol. The van der Waals surface area contributed by atoms with Gasteiger partial charge in [-0.3, -0.25) is 10.00 Å². The molecule has 2 aromatic heterocycles. The largest absolute Gasteiger partial charge is 0.490 e. The second kappa shape index (κ2) is 12.4. The summed E-state index contributed by atoms with van der Waals surface area (Å²) in [4.78, 5) is 27.2. The number of aliphatic carboxylic acids is 2. The van der Waals surface area contributed by atoms with Gasteiger partial charge in [0.15, 0.2) is 0 Å². The third-order valence-corrected chi connectivity index (χ3v) is 5.06. The maximum Gasteiger partial charge on any atom is 0.490 e. The van der Waals surface area contributed by atoms with Crippen molar-refractivity contribution in [3.05, 3.63) is 53.9 Å². The number of rotatable bonds is 3. The molecule has 202 valence electrons. The van der Waals surface area contributed by atoms with Crippen molar-refractivity contribution in [2.24, 2.45) is 0 Å². The number of carbonyl (C=O) groups is 2. The summed E-state index contributed by atoms with van der Waals surface area (Å²) in [5, 5.41) is 23.1. The van der Waals surface area contributed by atoms with E-state index in [0.29, 0.717) is 0 Å². The van der Waals surface area contributed by atoms with E-state index >= 15 is 0 Å². The number of hydrogen-bond acceptors (Lipinski definition) is 6. The number of piperazine rings is 1. The highest BCUT2D eigenvalue weighted by atomic mass is 19.4. The lowest BCUT2D eigenvalue weighted by atomic mass is 10.2. The molecule has 1 aliphatic heterocycles. The van der Waals surface area contributed by atoms with E-state index in [0.717, 1.165) is 44.1 Å². The van der Waals surface area contributed by atoms with Gasteiger partial charge in [-0.25, -0.2) is 14.6 Å². The number of H-pyrrole nitrogens is 1. The Balaban J connectivity index is 0.000000286. The second-order valence-electron chi connectivity index (χ2n) is 7.73. The summed E-state index contributed by atoms with van der Waals surface area (Å²) in [5.41, 5.74) is 3.51. The number of alkyl halides is 6. The number of hydrogen-bond donors (Lipinski definition) is 3. The summed E-state index contributed by atoms with van der Waals surface area (Å²) in [6.45, 7) is 7.18. The number of fused-ring (bicyclic) bond motifs is 1.